The number of aromatic nitrogens is 2. The second kappa shape index (κ2) is 7.38. The van der Waals surface area contributed by atoms with Crippen LogP contribution in [-0.2, 0) is 4.57 Å². The number of hydrogen-bond donors (Lipinski definition) is 2. The monoisotopic (exact) mass is 294 g/mol. The zero-order valence-corrected chi connectivity index (χ0v) is 11.9. The third kappa shape index (κ3) is 6.02. The van der Waals surface area contributed by atoms with E-state index >= 15 is 0 Å². The Bertz CT molecular complexity index is 437. The lowest BCUT2D eigenvalue weighted by Gasteiger charge is -2.10. The number of phosphoric acid groups is 1. The lowest BCUT2D eigenvalue weighted by molar-refractivity contribution is 0.277. The first-order valence-corrected chi connectivity index (χ1v) is 6.89. The summed E-state index contributed by atoms with van der Waals surface area (Å²) in [5.41, 5.74) is 0. The molecule has 0 unspecified atom stereocenters. The average molecular weight is 294 g/mol. The van der Waals surface area contributed by atoms with Crippen molar-refractivity contribution in [3.8, 4) is 11.8 Å². The van der Waals surface area contributed by atoms with Gasteiger partial charge in [-0.05, 0) is 5.87 Å². The second-order valence-electron chi connectivity index (χ2n) is 3.34. The third-order valence-electron chi connectivity index (χ3n) is 1.63. The van der Waals surface area contributed by atoms with Gasteiger partial charge in [0, 0.05) is 5.92 Å². The van der Waals surface area contributed by atoms with Gasteiger partial charge in [-0.3, -0.25) is 9.79 Å². The van der Waals surface area contributed by atoms with E-state index in [9.17, 15) is 4.57 Å². The lowest BCUT2D eigenvalue weighted by atomic mass is 10.2. The zero-order chi connectivity index (χ0) is 14.3. The number of ether oxygens (including phenoxy) is 1. The third-order valence-corrected chi connectivity index (χ3v) is 2.06. The van der Waals surface area contributed by atoms with Crippen molar-refractivity contribution in [3.05, 3.63) is 11.9 Å². The number of nitrogens with zero attached hydrogens (tertiary/aromatic N) is 2. The molecule has 18 heavy (non-hydrogen) atoms. The van der Waals surface area contributed by atoms with Gasteiger partial charge in [-0.1, -0.05) is 26.1 Å². The Balaban J connectivity index is 0.00000137. The first kappa shape index (κ1) is 16.9. The molecule has 1 rings (SSSR count). The van der Waals surface area contributed by atoms with Gasteiger partial charge in [-0.2, -0.15) is 9.97 Å². The Morgan fingerprint density at radius 2 is 1.83 bits per heavy atom. The van der Waals surface area contributed by atoms with Crippen LogP contribution in [0.2, 0.25) is 0 Å². The molecule has 9 heteroatoms. The summed E-state index contributed by atoms with van der Waals surface area (Å²) in [7, 11) is -3.22. The van der Waals surface area contributed by atoms with Crippen LogP contribution in [0.15, 0.2) is 6.07 Å². The molecule has 0 aliphatic carbocycles. The summed E-state index contributed by atoms with van der Waals surface area (Å²) in [6.45, 7) is 3.69. The minimum Gasteiger partial charge on any atom is -0.481 e. The molecule has 7 nitrogen and oxygen atoms in total. The highest BCUT2D eigenvalue weighted by molar-refractivity contribution is 7.77. The van der Waals surface area contributed by atoms with Gasteiger partial charge in [-0.25, -0.2) is 4.57 Å². The molecule has 0 aromatic carbocycles. The normalized spacial score (nSPS) is 10.6. The molecule has 0 aliphatic heterocycles. The van der Waals surface area contributed by atoms with Gasteiger partial charge in [0.15, 0.2) is 0 Å². The van der Waals surface area contributed by atoms with Gasteiger partial charge in [0.25, 0.3) is 0 Å². The minimum atomic E-state index is -4.61. The van der Waals surface area contributed by atoms with Crippen molar-refractivity contribution >= 4 is 25.9 Å². The van der Waals surface area contributed by atoms with Gasteiger partial charge in [0.2, 0.25) is 11.8 Å². The summed E-state index contributed by atoms with van der Waals surface area (Å²) in [6.07, 6.45) is 0. The topological polar surface area (TPSA) is 102 Å². The van der Waals surface area contributed by atoms with E-state index in [1.165, 1.54) is 13.2 Å². The molecule has 0 fully saturated rings. The van der Waals surface area contributed by atoms with Gasteiger partial charge in [-0.15, -0.1) is 0 Å². The molecule has 0 atom stereocenters. The van der Waals surface area contributed by atoms with E-state index in [4.69, 9.17) is 14.5 Å². The quantitative estimate of drug-likeness (QED) is 0.639. The van der Waals surface area contributed by atoms with Crippen LogP contribution in [0.4, 0.5) is 0 Å². The number of methoxy groups -OCH3 is 1. The van der Waals surface area contributed by atoms with Crippen molar-refractivity contribution in [3.63, 3.8) is 0 Å². The molecule has 1 heterocycles. The number of rotatable bonds is 4. The maximum atomic E-state index is 10.7. The van der Waals surface area contributed by atoms with Crippen molar-refractivity contribution in [2.75, 3.05) is 7.11 Å². The zero-order valence-electron chi connectivity index (χ0n) is 10.2. The first-order chi connectivity index (χ1) is 8.31. The Kier molecular flexibility index (Phi) is 6.93. The predicted molar refractivity (Wildman–Crippen MR) is 70.1 cm³/mol. The fourth-order valence-electron chi connectivity index (χ4n) is 0.952. The Morgan fingerprint density at radius 3 is 2.22 bits per heavy atom. The van der Waals surface area contributed by atoms with Crippen molar-refractivity contribution in [2.24, 2.45) is 0 Å². The van der Waals surface area contributed by atoms with Gasteiger partial charge >= 0.3 is 7.82 Å². The van der Waals surface area contributed by atoms with Crippen LogP contribution in [0.3, 0.4) is 0 Å². The molecule has 1 aromatic heterocycles. The fraction of sp³-hybridized carbons (Fsp3) is 0.444. The molecule has 0 radical (unpaired) electrons. The summed E-state index contributed by atoms with van der Waals surface area (Å²) in [5, 5.41) is 0. The SMILES string of the molecule is C=S.COc1cc(OP(=O)(O)O)nc(C(C)C)n1. The molecule has 0 saturated carbocycles. The summed E-state index contributed by atoms with van der Waals surface area (Å²) in [6, 6.07) is 1.21. The summed E-state index contributed by atoms with van der Waals surface area (Å²) >= 11 is 3.83. The highest BCUT2D eigenvalue weighted by atomic mass is 32.1. The van der Waals surface area contributed by atoms with Crippen molar-refractivity contribution in [1.29, 1.82) is 0 Å². The van der Waals surface area contributed by atoms with Crippen LogP contribution in [-0.4, -0.2) is 32.7 Å². The van der Waals surface area contributed by atoms with E-state index in [1.54, 1.807) is 0 Å². The largest absolute Gasteiger partial charge is 0.526 e. The molecule has 0 spiro atoms. The minimum absolute atomic E-state index is 0.00535. The number of hydrogen-bond acceptors (Lipinski definition) is 6. The van der Waals surface area contributed by atoms with Crippen LogP contribution < -0.4 is 9.26 Å². The van der Waals surface area contributed by atoms with Crippen LogP contribution in [0, 0.1) is 0 Å². The van der Waals surface area contributed by atoms with Crippen LogP contribution >= 0.6 is 20.0 Å². The number of thiocarbonyl (C=S) groups is 1. The standard InChI is InChI=1S/C8H13N2O5P.CH2S/c1-5(2)8-9-6(14-3)4-7(10-8)15-16(11,12)13;1-2/h4-5H,1-3H3,(H2,11,12,13);1H2. The average Bonchev–Trinajstić information content (AvgIpc) is 2.28. The van der Waals surface area contributed by atoms with Crippen molar-refractivity contribution in [1.82, 2.24) is 9.97 Å². The highest BCUT2D eigenvalue weighted by Gasteiger charge is 2.19. The molecule has 0 bridgehead atoms. The molecule has 0 amide bonds. The van der Waals surface area contributed by atoms with E-state index < -0.39 is 7.82 Å². The van der Waals surface area contributed by atoms with Gasteiger partial charge in [0.05, 0.1) is 13.2 Å². The highest BCUT2D eigenvalue weighted by Crippen LogP contribution is 2.37. The van der Waals surface area contributed by atoms with Gasteiger partial charge < -0.3 is 9.26 Å². The second-order valence-corrected chi connectivity index (χ2v) is 4.51. The number of phosphoric ester groups is 1. The molecule has 102 valence electrons. The van der Waals surface area contributed by atoms with Crippen molar-refractivity contribution in [2.45, 2.75) is 19.8 Å². The molecule has 0 saturated heterocycles. The Labute approximate surface area is 110 Å². The van der Waals surface area contributed by atoms with E-state index in [-0.39, 0.29) is 17.7 Å². The molecule has 0 aliphatic rings. The van der Waals surface area contributed by atoms with Crippen LogP contribution in [0.1, 0.15) is 25.6 Å². The maximum absolute atomic E-state index is 10.7. The Morgan fingerprint density at radius 1 is 1.33 bits per heavy atom. The molecular weight excluding hydrogens is 279 g/mol. The van der Waals surface area contributed by atoms with Crippen molar-refractivity contribution < 1.29 is 23.6 Å². The smallest absolute Gasteiger partial charge is 0.481 e. The van der Waals surface area contributed by atoms with Gasteiger partial charge in [0.1, 0.15) is 5.82 Å². The van der Waals surface area contributed by atoms with E-state index in [1.807, 2.05) is 13.8 Å². The van der Waals surface area contributed by atoms with E-state index in [0.29, 0.717) is 5.82 Å². The summed E-state index contributed by atoms with van der Waals surface area (Å²) < 4.78 is 19.9. The van der Waals surface area contributed by atoms with E-state index in [2.05, 4.69) is 32.6 Å². The summed E-state index contributed by atoms with van der Waals surface area (Å²) in [4.78, 5) is 25.2. The maximum Gasteiger partial charge on any atom is 0.526 e. The first-order valence-electron chi connectivity index (χ1n) is 4.79. The van der Waals surface area contributed by atoms with Crippen LogP contribution in [0.5, 0.6) is 11.8 Å². The van der Waals surface area contributed by atoms with E-state index in [0.717, 1.165) is 0 Å². The molecule has 1 aromatic rings. The molecular formula is C9H15N2O5PS. The predicted octanol–water partition coefficient (Wildman–Crippen LogP) is 1.70. The fourth-order valence-corrected chi connectivity index (χ4v) is 1.29. The lowest BCUT2D eigenvalue weighted by Crippen LogP contribution is -2.02. The Hall–Kier alpha value is -1.08. The summed E-state index contributed by atoms with van der Waals surface area (Å²) in [5.74, 6) is 3.21. The van der Waals surface area contributed by atoms with Crippen LogP contribution in [0.25, 0.3) is 0 Å². The molecule has 2 N–H and O–H groups in total.